The summed E-state index contributed by atoms with van der Waals surface area (Å²) in [6.45, 7) is 0.894. The third-order valence-corrected chi connectivity index (χ3v) is 5.52. The minimum Gasteiger partial charge on any atom is -0.469 e. The van der Waals surface area contributed by atoms with E-state index in [4.69, 9.17) is 11.6 Å². The summed E-state index contributed by atoms with van der Waals surface area (Å²) in [5.74, 6) is -0.779. The van der Waals surface area contributed by atoms with E-state index < -0.39 is 5.97 Å². The van der Waals surface area contributed by atoms with Gasteiger partial charge in [-0.25, -0.2) is 0 Å². The molecule has 158 valence electrons. The average Bonchev–Trinajstić information content (AvgIpc) is 2.98. The smallest absolute Gasteiger partial charge is 0.306 e. The summed E-state index contributed by atoms with van der Waals surface area (Å²) >= 11 is 6.38. The van der Waals surface area contributed by atoms with Crippen molar-refractivity contribution < 1.29 is 19.1 Å². The minimum absolute atomic E-state index is 0.0286. The zero-order valence-corrected chi connectivity index (χ0v) is 17.7. The fourth-order valence-electron chi connectivity index (χ4n) is 3.48. The van der Waals surface area contributed by atoms with Crippen LogP contribution in [0.5, 0.6) is 0 Å². The molecule has 0 fully saturated rings. The predicted molar refractivity (Wildman–Crippen MR) is 116 cm³/mol. The molecule has 0 saturated carbocycles. The molecule has 0 unspecified atom stereocenters. The maximum atomic E-state index is 13.2. The van der Waals surface area contributed by atoms with Gasteiger partial charge in [-0.1, -0.05) is 35.9 Å². The molecule has 7 heteroatoms. The zero-order valence-electron chi connectivity index (χ0n) is 16.9. The molecule has 0 bridgehead atoms. The molecule has 30 heavy (non-hydrogen) atoms. The van der Waals surface area contributed by atoms with Crippen molar-refractivity contribution in [3.63, 3.8) is 0 Å². The Morgan fingerprint density at radius 3 is 2.67 bits per heavy atom. The van der Waals surface area contributed by atoms with E-state index in [-0.39, 0.29) is 31.2 Å². The number of amides is 2. The fraction of sp³-hybridized carbons (Fsp3) is 0.348. The van der Waals surface area contributed by atoms with Crippen molar-refractivity contribution in [3.8, 4) is 0 Å². The van der Waals surface area contributed by atoms with Gasteiger partial charge in [-0.15, -0.1) is 0 Å². The van der Waals surface area contributed by atoms with Crippen molar-refractivity contribution in [2.45, 2.75) is 38.6 Å². The molecule has 0 aliphatic carbocycles. The number of carbonyl (C=O) groups is 3. The lowest BCUT2D eigenvalue weighted by Gasteiger charge is -2.23. The highest BCUT2D eigenvalue weighted by Crippen LogP contribution is 2.28. The SMILES string of the molecule is COC(=O)CCC(=O)NCc1ccc(C(=O)N2CCCCc3ccccc32)cc1Cl. The minimum atomic E-state index is -0.430. The second-order valence-corrected chi connectivity index (χ2v) is 7.61. The molecule has 2 amide bonds. The molecular weight excluding hydrogens is 404 g/mol. The Kier molecular flexibility index (Phi) is 7.46. The van der Waals surface area contributed by atoms with Crippen LogP contribution in [0.15, 0.2) is 42.5 Å². The summed E-state index contributed by atoms with van der Waals surface area (Å²) in [4.78, 5) is 38.0. The third kappa shape index (κ3) is 5.39. The number of aryl methyl sites for hydroxylation is 1. The number of ether oxygens (including phenoxy) is 1. The Morgan fingerprint density at radius 2 is 1.90 bits per heavy atom. The van der Waals surface area contributed by atoms with Crippen molar-refractivity contribution in [3.05, 3.63) is 64.2 Å². The molecule has 0 atom stereocenters. The number of para-hydroxylation sites is 1. The van der Waals surface area contributed by atoms with Crippen LogP contribution >= 0.6 is 11.6 Å². The first kappa shape index (κ1) is 21.8. The number of hydrogen-bond acceptors (Lipinski definition) is 4. The molecule has 2 aromatic rings. The zero-order chi connectivity index (χ0) is 21.5. The number of nitrogens with one attached hydrogen (secondary N) is 1. The molecule has 1 aliphatic rings. The quantitative estimate of drug-likeness (QED) is 0.708. The highest BCUT2D eigenvalue weighted by Gasteiger charge is 2.22. The Hall–Kier alpha value is -2.86. The van der Waals surface area contributed by atoms with E-state index in [9.17, 15) is 14.4 Å². The van der Waals surface area contributed by atoms with Gasteiger partial charge in [-0.2, -0.15) is 0 Å². The Morgan fingerprint density at radius 1 is 1.10 bits per heavy atom. The molecule has 1 heterocycles. The molecule has 0 radical (unpaired) electrons. The van der Waals surface area contributed by atoms with Gasteiger partial charge in [-0.3, -0.25) is 14.4 Å². The molecule has 6 nitrogen and oxygen atoms in total. The molecule has 2 aromatic carbocycles. The summed E-state index contributed by atoms with van der Waals surface area (Å²) in [6.07, 6.45) is 3.05. The van der Waals surface area contributed by atoms with E-state index in [0.29, 0.717) is 22.7 Å². The number of methoxy groups -OCH3 is 1. The average molecular weight is 429 g/mol. The number of benzene rings is 2. The van der Waals surface area contributed by atoms with Crippen LogP contribution in [-0.4, -0.2) is 31.4 Å². The number of hydrogen-bond donors (Lipinski definition) is 1. The van der Waals surface area contributed by atoms with Gasteiger partial charge in [0.25, 0.3) is 5.91 Å². The van der Waals surface area contributed by atoms with E-state index in [0.717, 1.165) is 24.9 Å². The van der Waals surface area contributed by atoms with Gasteiger partial charge in [0.1, 0.15) is 0 Å². The first-order valence-corrected chi connectivity index (χ1v) is 10.4. The van der Waals surface area contributed by atoms with Gasteiger partial charge in [0.05, 0.1) is 13.5 Å². The Labute approximate surface area is 181 Å². The van der Waals surface area contributed by atoms with Crippen LogP contribution in [0.25, 0.3) is 0 Å². The highest BCUT2D eigenvalue weighted by atomic mass is 35.5. The van der Waals surface area contributed by atoms with Crippen LogP contribution in [0.1, 0.15) is 47.2 Å². The normalized spacial score (nSPS) is 13.2. The number of halogens is 1. The van der Waals surface area contributed by atoms with Gasteiger partial charge in [0, 0.05) is 35.8 Å². The topological polar surface area (TPSA) is 75.7 Å². The number of fused-ring (bicyclic) bond motifs is 1. The maximum Gasteiger partial charge on any atom is 0.306 e. The molecular formula is C23H25ClN2O4. The number of carbonyl (C=O) groups excluding carboxylic acids is 3. The second kappa shape index (κ2) is 10.3. The van der Waals surface area contributed by atoms with E-state index >= 15 is 0 Å². The van der Waals surface area contributed by atoms with Gasteiger partial charge in [0.2, 0.25) is 5.91 Å². The predicted octanol–water partition coefficient (Wildman–Crippen LogP) is 3.89. The standard InChI is InChI=1S/C23H25ClN2O4/c1-30-22(28)12-11-21(27)25-15-18-10-9-17(14-19(18)24)23(29)26-13-5-4-7-16-6-2-3-8-20(16)26/h2-3,6,8-10,14H,4-5,7,11-13,15H2,1H3,(H,25,27). The van der Waals surface area contributed by atoms with Crippen molar-refractivity contribution in [1.29, 1.82) is 0 Å². The summed E-state index contributed by atoms with van der Waals surface area (Å²) < 4.78 is 4.52. The van der Waals surface area contributed by atoms with E-state index in [1.54, 1.807) is 18.2 Å². The Balaban J connectivity index is 1.67. The van der Waals surface area contributed by atoms with Gasteiger partial charge in [-0.05, 0) is 48.6 Å². The van der Waals surface area contributed by atoms with Crippen LogP contribution in [-0.2, 0) is 27.3 Å². The molecule has 3 rings (SSSR count). The van der Waals surface area contributed by atoms with Gasteiger partial charge >= 0.3 is 5.97 Å². The van der Waals surface area contributed by atoms with Crippen LogP contribution in [0.2, 0.25) is 5.02 Å². The van der Waals surface area contributed by atoms with E-state index in [2.05, 4.69) is 16.1 Å². The number of anilines is 1. The van der Waals surface area contributed by atoms with Crippen LogP contribution in [0.3, 0.4) is 0 Å². The number of esters is 1. The largest absolute Gasteiger partial charge is 0.469 e. The summed E-state index contributed by atoms with van der Waals surface area (Å²) in [6, 6.07) is 13.1. The van der Waals surface area contributed by atoms with E-state index in [1.165, 1.54) is 12.7 Å². The van der Waals surface area contributed by atoms with Gasteiger partial charge in [0.15, 0.2) is 0 Å². The first-order chi connectivity index (χ1) is 14.5. The lowest BCUT2D eigenvalue weighted by Crippen LogP contribution is -2.31. The highest BCUT2D eigenvalue weighted by molar-refractivity contribution is 6.31. The first-order valence-electron chi connectivity index (χ1n) is 10.0. The number of rotatable bonds is 6. The summed E-state index contributed by atoms with van der Waals surface area (Å²) in [7, 11) is 1.28. The van der Waals surface area contributed by atoms with Crippen molar-refractivity contribution >= 4 is 35.1 Å². The summed E-state index contributed by atoms with van der Waals surface area (Å²) in [5, 5.41) is 3.14. The third-order valence-electron chi connectivity index (χ3n) is 5.17. The molecule has 1 aliphatic heterocycles. The molecule has 1 N–H and O–H groups in total. The van der Waals surface area contributed by atoms with Crippen molar-refractivity contribution in [2.75, 3.05) is 18.6 Å². The fourth-order valence-corrected chi connectivity index (χ4v) is 3.73. The number of nitrogens with zero attached hydrogens (tertiary/aromatic N) is 1. The Bertz CT molecular complexity index is 945. The van der Waals surface area contributed by atoms with Crippen LogP contribution in [0.4, 0.5) is 5.69 Å². The monoisotopic (exact) mass is 428 g/mol. The lowest BCUT2D eigenvalue weighted by molar-refractivity contribution is -0.142. The van der Waals surface area contributed by atoms with Crippen molar-refractivity contribution in [2.24, 2.45) is 0 Å². The summed E-state index contributed by atoms with van der Waals surface area (Å²) in [5.41, 5.74) is 3.35. The molecule has 0 aromatic heterocycles. The molecule has 0 saturated heterocycles. The van der Waals surface area contributed by atoms with Crippen molar-refractivity contribution in [1.82, 2.24) is 5.32 Å². The van der Waals surface area contributed by atoms with Crippen LogP contribution in [0, 0.1) is 0 Å². The second-order valence-electron chi connectivity index (χ2n) is 7.20. The van der Waals surface area contributed by atoms with Gasteiger partial charge < -0.3 is 15.0 Å². The van der Waals surface area contributed by atoms with E-state index in [1.807, 2.05) is 23.1 Å². The molecule has 0 spiro atoms. The van der Waals surface area contributed by atoms with Crippen LogP contribution < -0.4 is 10.2 Å². The lowest BCUT2D eigenvalue weighted by atomic mass is 10.1. The maximum absolute atomic E-state index is 13.2.